The van der Waals surface area contributed by atoms with Gasteiger partial charge in [0, 0.05) is 45.2 Å². The van der Waals surface area contributed by atoms with Crippen LogP contribution in [0.15, 0.2) is 78.9 Å². The first-order valence-electron chi connectivity index (χ1n) is 14.9. The predicted molar refractivity (Wildman–Crippen MR) is 166 cm³/mol. The quantitative estimate of drug-likeness (QED) is 0.217. The second kappa shape index (κ2) is 16.3. The van der Waals surface area contributed by atoms with Crippen LogP contribution in [0.2, 0.25) is 0 Å². The zero-order valence-electron chi connectivity index (χ0n) is 24.7. The fourth-order valence-electron chi connectivity index (χ4n) is 5.05. The Morgan fingerprint density at radius 3 is 2.33 bits per heavy atom. The van der Waals surface area contributed by atoms with Crippen LogP contribution in [0, 0.1) is 0 Å². The fourth-order valence-corrected chi connectivity index (χ4v) is 5.05. The third-order valence-electron chi connectivity index (χ3n) is 7.64. The van der Waals surface area contributed by atoms with Crippen LogP contribution in [-0.2, 0) is 9.53 Å². The first-order valence-corrected chi connectivity index (χ1v) is 14.9. The van der Waals surface area contributed by atoms with Gasteiger partial charge in [-0.1, -0.05) is 48.5 Å². The normalized spacial score (nSPS) is 13.7. The molecule has 0 bridgehead atoms. The topological polar surface area (TPSA) is 108 Å². The Balaban J connectivity index is 1.06. The molecule has 1 fully saturated rings. The maximum absolute atomic E-state index is 12.7. The summed E-state index contributed by atoms with van der Waals surface area (Å²) in [7, 11) is 1.85. The summed E-state index contributed by atoms with van der Waals surface area (Å²) in [5.41, 5.74) is 2.94. The zero-order valence-corrected chi connectivity index (χ0v) is 24.7. The van der Waals surface area contributed by atoms with Crippen LogP contribution < -0.4 is 10.1 Å². The van der Waals surface area contributed by atoms with E-state index in [0.717, 1.165) is 68.6 Å². The predicted octanol–water partition coefficient (Wildman–Crippen LogP) is 6.16. The number of nitrogens with one attached hydrogen (secondary N) is 1. The number of ether oxygens (including phenoxy) is 2. The molecule has 2 N–H and O–H groups in total. The van der Waals surface area contributed by atoms with Crippen molar-refractivity contribution >= 4 is 23.7 Å². The van der Waals surface area contributed by atoms with E-state index in [2.05, 4.69) is 10.2 Å². The number of carbonyl (C=O) groups excluding carboxylic acids is 2. The Kier molecular flexibility index (Phi) is 12.0. The molecule has 0 atom stereocenters. The van der Waals surface area contributed by atoms with Gasteiger partial charge in [-0.2, -0.15) is 0 Å². The molecule has 2 amide bonds. The minimum absolute atomic E-state index is 0.132. The van der Waals surface area contributed by atoms with Crippen molar-refractivity contribution in [2.75, 3.05) is 45.2 Å². The number of hydrogen-bond donors (Lipinski definition) is 2. The van der Waals surface area contributed by atoms with Crippen LogP contribution in [0.5, 0.6) is 5.75 Å². The lowest BCUT2D eigenvalue weighted by molar-refractivity contribution is -0.130. The summed E-state index contributed by atoms with van der Waals surface area (Å²) in [6.07, 6.45) is 3.96. The van der Waals surface area contributed by atoms with Crippen LogP contribution in [0.4, 0.5) is 10.5 Å². The first-order chi connectivity index (χ1) is 20.9. The number of carbonyl (C=O) groups is 3. The van der Waals surface area contributed by atoms with E-state index in [-0.39, 0.29) is 17.6 Å². The Bertz CT molecular complexity index is 1320. The van der Waals surface area contributed by atoms with Crippen molar-refractivity contribution in [3.8, 4) is 16.9 Å². The molecule has 228 valence electrons. The zero-order chi connectivity index (χ0) is 30.4. The summed E-state index contributed by atoms with van der Waals surface area (Å²) in [5, 5.41) is 11.9. The van der Waals surface area contributed by atoms with Gasteiger partial charge in [-0.15, -0.1) is 0 Å². The van der Waals surface area contributed by atoms with Crippen molar-refractivity contribution < 1.29 is 29.0 Å². The molecule has 3 aromatic carbocycles. The highest BCUT2D eigenvalue weighted by Gasteiger charge is 2.23. The molecule has 4 rings (SSSR count). The van der Waals surface area contributed by atoms with E-state index in [9.17, 15) is 14.4 Å². The number of carboxylic acid groups (broad SMARTS) is 1. The summed E-state index contributed by atoms with van der Waals surface area (Å²) < 4.78 is 11.4. The number of piperidine rings is 1. The van der Waals surface area contributed by atoms with E-state index in [1.807, 2.05) is 61.6 Å². The highest BCUT2D eigenvalue weighted by atomic mass is 16.6. The van der Waals surface area contributed by atoms with Gasteiger partial charge >= 0.3 is 12.1 Å². The Morgan fingerprint density at radius 2 is 1.60 bits per heavy atom. The van der Waals surface area contributed by atoms with Gasteiger partial charge in [-0.3, -0.25) is 10.1 Å². The summed E-state index contributed by atoms with van der Waals surface area (Å²) in [6.45, 7) is 3.62. The summed E-state index contributed by atoms with van der Waals surface area (Å²) in [6, 6.07) is 24.0. The van der Waals surface area contributed by atoms with Crippen molar-refractivity contribution in [1.29, 1.82) is 0 Å². The van der Waals surface area contributed by atoms with Crippen LogP contribution in [0.3, 0.4) is 0 Å². The minimum Gasteiger partial charge on any atom is -0.494 e. The number of unbranched alkanes of at least 4 members (excludes halogenated alkanes) is 2. The molecule has 0 unspecified atom stereocenters. The van der Waals surface area contributed by atoms with Crippen molar-refractivity contribution in [2.45, 2.75) is 44.6 Å². The number of benzene rings is 3. The molecule has 9 nitrogen and oxygen atoms in total. The van der Waals surface area contributed by atoms with E-state index in [0.29, 0.717) is 25.3 Å². The molecule has 1 aliphatic rings. The second-order valence-corrected chi connectivity index (χ2v) is 10.8. The molecule has 0 aromatic heterocycles. The molecular weight excluding hydrogens is 546 g/mol. The number of amides is 2. The summed E-state index contributed by atoms with van der Waals surface area (Å²) >= 11 is 0. The van der Waals surface area contributed by atoms with Crippen molar-refractivity contribution in [3.05, 3.63) is 84.4 Å². The maximum Gasteiger partial charge on any atom is 0.411 e. The van der Waals surface area contributed by atoms with E-state index in [1.54, 1.807) is 17.0 Å². The number of rotatable bonds is 14. The lowest BCUT2D eigenvalue weighted by Crippen LogP contribution is -2.42. The molecule has 1 saturated heterocycles. The monoisotopic (exact) mass is 587 g/mol. The number of hydrogen-bond acceptors (Lipinski definition) is 6. The van der Waals surface area contributed by atoms with Gasteiger partial charge in [0.15, 0.2) is 0 Å². The van der Waals surface area contributed by atoms with Crippen molar-refractivity contribution in [1.82, 2.24) is 9.80 Å². The van der Waals surface area contributed by atoms with Gasteiger partial charge in [-0.25, -0.2) is 9.59 Å². The molecule has 3 aromatic rings. The second-order valence-electron chi connectivity index (χ2n) is 10.8. The summed E-state index contributed by atoms with van der Waals surface area (Å²) in [4.78, 5) is 40.2. The molecule has 0 radical (unpaired) electrons. The number of aromatic carboxylic acids is 1. The van der Waals surface area contributed by atoms with E-state index in [1.165, 1.54) is 12.1 Å². The number of likely N-dealkylation sites (tertiary alicyclic amines) is 1. The highest BCUT2D eigenvalue weighted by molar-refractivity contribution is 5.91. The standard InChI is InChI=1S/C34H41N3O6/c1-36(32(38)14-6-3-9-25-42-28-17-15-27(16-18-28)33(39)40)23-24-37-21-19-29(20-22-37)43-34(41)35-31-13-8-7-12-30(31)26-10-4-2-5-11-26/h2,4-5,7-8,10-13,15-18,29H,3,6,9,14,19-25H2,1H3,(H,35,41)(H,39,40). The lowest BCUT2D eigenvalue weighted by atomic mass is 10.0. The number of carboxylic acids is 1. The Labute approximate surface area is 253 Å². The van der Waals surface area contributed by atoms with Crippen molar-refractivity contribution in [2.24, 2.45) is 0 Å². The third-order valence-corrected chi connectivity index (χ3v) is 7.64. The summed E-state index contributed by atoms with van der Waals surface area (Å²) in [5.74, 6) is -0.181. The van der Waals surface area contributed by atoms with Gasteiger partial charge in [0.1, 0.15) is 11.9 Å². The number of anilines is 1. The minimum atomic E-state index is -0.959. The SMILES string of the molecule is CN(CCN1CCC(OC(=O)Nc2ccccc2-c2ccccc2)CC1)C(=O)CCCCCOc1ccc(C(=O)O)cc1. The molecule has 1 heterocycles. The van der Waals surface area contributed by atoms with Gasteiger partial charge < -0.3 is 24.4 Å². The van der Waals surface area contributed by atoms with Crippen LogP contribution in [0.1, 0.15) is 48.9 Å². The smallest absolute Gasteiger partial charge is 0.411 e. The average Bonchev–Trinajstić information content (AvgIpc) is 3.03. The maximum atomic E-state index is 12.7. The lowest BCUT2D eigenvalue weighted by Gasteiger charge is -2.32. The molecular formula is C34H41N3O6. The van der Waals surface area contributed by atoms with Crippen molar-refractivity contribution in [3.63, 3.8) is 0 Å². The van der Waals surface area contributed by atoms with Gasteiger partial charge in [-0.05, 0) is 68.0 Å². The molecule has 0 spiro atoms. The van der Waals surface area contributed by atoms with E-state index < -0.39 is 12.1 Å². The van der Waals surface area contributed by atoms with E-state index in [4.69, 9.17) is 14.6 Å². The van der Waals surface area contributed by atoms with Crippen LogP contribution in [-0.4, -0.2) is 78.8 Å². The average molecular weight is 588 g/mol. The molecule has 43 heavy (non-hydrogen) atoms. The van der Waals surface area contributed by atoms with Crippen LogP contribution >= 0.6 is 0 Å². The Morgan fingerprint density at radius 1 is 0.907 bits per heavy atom. The fraction of sp³-hybridized carbons (Fsp3) is 0.382. The number of likely N-dealkylation sites (N-methyl/N-ethyl adjacent to an activating group) is 1. The van der Waals surface area contributed by atoms with Gasteiger partial charge in [0.05, 0.1) is 17.9 Å². The molecule has 0 aliphatic carbocycles. The number of para-hydroxylation sites is 1. The highest BCUT2D eigenvalue weighted by Crippen LogP contribution is 2.28. The van der Waals surface area contributed by atoms with E-state index >= 15 is 0 Å². The third kappa shape index (κ3) is 10.1. The molecule has 0 saturated carbocycles. The number of nitrogens with zero attached hydrogens (tertiary/aromatic N) is 2. The largest absolute Gasteiger partial charge is 0.494 e. The first kappa shape index (κ1) is 31.6. The van der Waals surface area contributed by atoms with Gasteiger partial charge in [0.25, 0.3) is 0 Å². The van der Waals surface area contributed by atoms with Crippen LogP contribution in [0.25, 0.3) is 11.1 Å². The molecule has 1 aliphatic heterocycles. The molecule has 9 heteroatoms. The Hall–Kier alpha value is -4.37. The van der Waals surface area contributed by atoms with Gasteiger partial charge in [0.2, 0.25) is 5.91 Å².